The number of carbonyl (C=O) groups excluding carboxylic acids is 2. The second kappa shape index (κ2) is 8.55. The minimum Gasteiger partial charge on any atom is -0.503 e. The number of nitrogens with one attached hydrogen (secondary N) is 2. The molecular formula is C17H15Cl2N3O4. The van der Waals surface area contributed by atoms with E-state index in [-0.39, 0.29) is 16.5 Å². The number of amides is 2. The molecule has 0 heterocycles. The first-order chi connectivity index (χ1) is 12.3. The summed E-state index contributed by atoms with van der Waals surface area (Å²) in [4.78, 5) is 23.7. The molecular weight excluding hydrogens is 381 g/mol. The fraction of sp³-hybridized carbons (Fsp3) is 0.118. The van der Waals surface area contributed by atoms with Gasteiger partial charge in [-0.05, 0) is 48.4 Å². The van der Waals surface area contributed by atoms with Crippen LogP contribution in [0.5, 0.6) is 11.5 Å². The molecule has 26 heavy (non-hydrogen) atoms. The van der Waals surface area contributed by atoms with E-state index in [0.29, 0.717) is 21.8 Å². The molecule has 2 rings (SSSR count). The number of phenols is 1. The van der Waals surface area contributed by atoms with Crippen LogP contribution in [0.15, 0.2) is 35.4 Å². The average molecular weight is 396 g/mol. The zero-order valence-corrected chi connectivity index (χ0v) is 15.4. The minimum absolute atomic E-state index is 0.0630. The van der Waals surface area contributed by atoms with Crippen molar-refractivity contribution in [2.75, 3.05) is 12.4 Å². The van der Waals surface area contributed by atoms with Gasteiger partial charge in [-0.25, -0.2) is 5.43 Å². The van der Waals surface area contributed by atoms with Crippen LogP contribution in [0.4, 0.5) is 5.69 Å². The summed E-state index contributed by atoms with van der Waals surface area (Å²) in [5.41, 5.74) is 3.74. The zero-order valence-electron chi connectivity index (χ0n) is 13.8. The molecule has 0 fully saturated rings. The van der Waals surface area contributed by atoms with Gasteiger partial charge >= 0.3 is 11.8 Å². The van der Waals surface area contributed by atoms with Crippen molar-refractivity contribution in [1.82, 2.24) is 5.43 Å². The second-order valence-electron chi connectivity index (χ2n) is 5.17. The highest BCUT2D eigenvalue weighted by Gasteiger charge is 2.14. The fourth-order valence-electron chi connectivity index (χ4n) is 1.99. The first-order valence-electron chi connectivity index (χ1n) is 7.29. The minimum atomic E-state index is -0.951. The molecule has 2 aromatic rings. The first kappa shape index (κ1) is 19.6. The summed E-state index contributed by atoms with van der Waals surface area (Å²) < 4.78 is 4.96. The Morgan fingerprint density at radius 3 is 2.58 bits per heavy atom. The summed E-state index contributed by atoms with van der Waals surface area (Å²) in [7, 11) is 1.37. The third-order valence-corrected chi connectivity index (χ3v) is 3.82. The quantitative estimate of drug-likeness (QED) is 0.420. The van der Waals surface area contributed by atoms with Gasteiger partial charge in [0, 0.05) is 10.7 Å². The largest absolute Gasteiger partial charge is 0.503 e. The summed E-state index contributed by atoms with van der Waals surface area (Å²) in [6, 6.07) is 7.74. The maximum absolute atomic E-state index is 11.9. The van der Waals surface area contributed by atoms with Crippen LogP contribution in [0.3, 0.4) is 0 Å². The van der Waals surface area contributed by atoms with E-state index >= 15 is 0 Å². The molecule has 0 saturated heterocycles. The number of halogens is 2. The van der Waals surface area contributed by atoms with Crippen LogP contribution in [0, 0.1) is 6.92 Å². The maximum atomic E-state index is 11.9. The van der Waals surface area contributed by atoms with Crippen molar-refractivity contribution in [3.8, 4) is 11.5 Å². The number of aryl methyl sites for hydroxylation is 1. The molecule has 0 aliphatic carbocycles. The molecule has 0 saturated carbocycles. The van der Waals surface area contributed by atoms with Gasteiger partial charge in [0.15, 0.2) is 11.5 Å². The number of hydrogen-bond acceptors (Lipinski definition) is 5. The van der Waals surface area contributed by atoms with Crippen LogP contribution >= 0.6 is 23.2 Å². The Balaban J connectivity index is 2.00. The lowest BCUT2D eigenvalue weighted by Crippen LogP contribution is -2.32. The van der Waals surface area contributed by atoms with E-state index in [1.165, 1.54) is 25.5 Å². The van der Waals surface area contributed by atoms with E-state index in [0.717, 1.165) is 0 Å². The molecule has 0 aliphatic rings. The predicted octanol–water partition coefficient (Wildman–Crippen LogP) is 3.10. The van der Waals surface area contributed by atoms with Gasteiger partial charge in [-0.2, -0.15) is 5.10 Å². The van der Waals surface area contributed by atoms with E-state index in [4.69, 9.17) is 27.9 Å². The molecule has 0 spiro atoms. The Labute approximate surface area is 159 Å². The zero-order chi connectivity index (χ0) is 19.3. The van der Waals surface area contributed by atoms with Crippen LogP contribution in [0.25, 0.3) is 0 Å². The molecule has 3 N–H and O–H groups in total. The highest BCUT2D eigenvalue weighted by Crippen LogP contribution is 2.34. The highest BCUT2D eigenvalue weighted by atomic mass is 35.5. The number of hydrogen-bond donors (Lipinski definition) is 3. The van der Waals surface area contributed by atoms with Gasteiger partial charge in [-0.15, -0.1) is 0 Å². The Bertz CT molecular complexity index is 885. The third-order valence-electron chi connectivity index (χ3n) is 3.29. The second-order valence-corrected chi connectivity index (χ2v) is 6.01. The van der Waals surface area contributed by atoms with Crippen LogP contribution in [-0.2, 0) is 9.59 Å². The summed E-state index contributed by atoms with van der Waals surface area (Å²) in [6.07, 6.45) is 1.26. The van der Waals surface area contributed by atoms with Crippen molar-refractivity contribution in [2.24, 2.45) is 5.10 Å². The van der Waals surface area contributed by atoms with Gasteiger partial charge in [0.2, 0.25) is 0 Å². The SMILES string of the molecule is COc1cc(/C=N/NC(=O)C(=O)Nc2ccc(Cl)cc2C)cc(Cl)c1O. The smallest absolute Gasteiger partial charge is 0.329 e. The van der Waals surface area contributed by atoms with Crippen molar-refractivity contribution in [3.63, 3.8) is 0 Å². The standard InChI is InChI=1S/C17H15Cl2N3O4/c1-9-5-11(18)3-4-13(9)21-16(24)17(25)22-20-8-10-6-12(19)15(23)14(7-10)26-2/h3-8,23H,1-2H3,(H,21,24)(H,22,25)/b20-8+. The van der Waals surface area contributed by atoms with Gasteiger partial charge in [-0.1, -0.05) is 23.2 Å². The number of anilines is 1. The third kappa shape index (κ3) is 4.87. The van der Waals surface area contributed by atoms with Crippen molar-refractivity contribution in [2.45, 2.75) is 6.92 Å². The number of rotatable bonds is 4. The lowest BCUT2D eigenvalue weighted by Gasteiger charge is -2.07. The van der Waals surface area contributed by atoms with Gasteiger partial charge in [0.05, 0.1) is 18.3 Å². The van der Waals surface area contributed by atoms with E-state index in [1.54, 1.807) is 25.1 Å². The van der Waals surface area contributed by atoms with Crippen molar-refractivity contribution >= 4 is 46.9 Å². The summed E-state index contributed by atoms with van der Waals surface area (Å²) in [5, 5.41) is 16.4. The van der Waals surface area contributed by atoms with E-state index in [2.05, 4.69) is 15.8 Å². The van der Waals surface area contributed by atoms with E-state index in [1.807, 2.05) is 0 Å². The van der Waals surface area contributed by atoms with Crippen LogP contribution in [0.2, 0.25) is 10.0 Å². The lowest BCUT2D eigenvalue weighted by molar-refractivity contribution is -0.136. The molecule has 0 bridgehead atoms. The highest BCUT2D eigenvalue weighted by molar-refractivity contribution is 6.39. The average Bonchev–Trinajstić information content (AvgIpc) is 2.60. The molecule has 2 amide bonds. The number of benzene rings is 2. The molecule has 9 heteroatoms. The Hall–Kier alpha value is -2.77. The Morgan fingerprint density at radius 1 is 1.19 bits per heavy atom. The predicted molar refractivity (Wildman–Crippen MR) is 100 cm³/mol. The van der Waals surface area contributed by atoms with Crippen molar-refractivity contribution < 1.29 is 19.4 Å². The molecule has 0 aromatic heterocycles. The van der Waals surface area contributed by atoms with E-state index < -0.39 is 11.8 Å². The normalized spacial score (nSPS) is 10.6. The van der Waals surface area contributed by atoms with Gasteiger partial charge < -0.3 is 15.2 Å². The monoisotopic (exact) mass is 395 g/mol. The number of carbonyl (C=O) groups is 2. The van der Waals surface area contributed by atoms with Gasteiger partial charge in [0.25, 0.3) is 0 Å². The number of ether oxygens (including phenoxy) is 1. The molecule has 0 unspecified atom stereocenters. The molecule has 0 atom stereocenters. The topological polar surface area (TPSA) is 100 Å². The first-order valence-corrected chi connectivity index (χ1v) is 8.04. The summed E-state index contributed by atoms with van der Waals surface area (Å²) >= 11 is 11.7. The molecule has 0 radical (unpaired) electrons. The fourth-order valence-corrected chi connectivity index (χ4v) is 2.43. The lowest BCUT2D eigenvalue weighted by atomic mass is 10.2. The Kier molecular flexibility index (Phi) is 6.43. The van der Waals surface area contributed by atoms with Crippen LogP contribution < -0.4 is 15.5 Å². The van der Waals surface area contributed by atoms with Gasteiger partial charge in [0.1, 0.15) is 0 Å². The summed E-state index contributed by atoms with van der Waals surface area (Å²) in [5.74, 6) is -1.88. The number of methoxy groups -OCH3 is 1. The van der Waals surface area contributed by atoms with Crippen molar-refractivity contribution in [3.05, 3.63) is 51.5 Å². The molecule has 0 aliphatic heterocycles. The number of aromatic hydroxyl groups is 1. The van der Waals surface area contributed by atoms with Crippen LogP contribution in [-0.4, -0.2) is 30.2 Å². The maximum Gasteiger partial charge on any atom is 0.329 e. The summed E-state index contributed by atoms with van der Waals surface area (Å²) in [6.45, 7) is 1.75. The molecule has 136 valence electrons. The molecule has 2 aromatic carbocycles. The Morgan fingerprint density at radius 2 is 1.92 bits per heavy atom. The number of phenolic OH excluding ortho intramolecular Hbond substituents is 1. The number of hydrazone groups is 1. The van der Waals surface area contributed by atoms with Gasteiger partial charge in [-0.3, -0.25) is 9.59 Å². The molecule has 7 nitrogen and oxygen atoms in total. The van der Waals surface area contributed by atoms with E-state index in [9.17, 15) is 14.7 Å². The number of nitrogens with zero attached hydrogens (tertiary/aromatic N) is 1. The van der Waals surface area contributed by atoms with Crippen LogP contribution in [0.1, 0.15) is 11.1 Å². The van der Waals surface area contributed by atoms with Crippen molar-refractivity contribution in [1.29, 1.82) is 0 Å².